The fraction of sp³-hybridized carbons (Fsp3) is 0.0714. The van der Waals surface area contributed by atoms with Gasteiger partial charge in [-0.1, -0.05) is 0 Å². The van der Waals surface area contributed by atoms with Gasteiger partial charge in [0, 0.05) is 5.56 Å². The second-order valence-corrected chi connectivity index (χ2v) is 4.02. The van der Waals surface area contributed by atoms with Crippen LogP contribution in [0.4, 0.5) is 0 Å². The van der Waals surface area contributed by atoms with Crippen LogP contribution in [-0.4, -0.2) is 28.2 Å². The van der Waals surface area contributed by atoms with Crippen LogP contribution >= 0.6 is 0 Å². The van der Waals surface area contributed by atoms with Crippen molar-refractivity contribution in [1.82, 2.24) is 14.9 Å². The molecule has 0 bridgehead atoms. The van der Waals surface area contributed by atoms with E-state index >= 15 is 0 Å². The predicted molar refractivity (Wildman–Crippen MR) is 73.7 cm³/mol. The first-order valence-electron chi connectivity index (χ1n) is 5.98. The minimum absolute atomic E-state index is 0.657. The zero-order valence-electron chi connectivity index (χ0n) is 10.8. The van der Waals surface area contributed by atoms with E-state index in [0.717, 1.165) is 17.1 Å². The molecule has 0 radical (unpaired) electrons. The summed E-state index contributed by atoms with van der Waals surface area (Å²) in [6.45, 7) is 0. The van der Waals surface area contributed by atoms with Crippen LogP contribution in [0.25, 0.3) is 11.3 Å². The van der Waals surface area contributed by atoms with Crippen molar-refractivity contribution in [2.45, 2.75) is 0 Å². The average Bonchev–Trinajstić information content (AvgIpc) is 3.17. The Morgan fingerprint density at radius 2 is 1.85 bits per heavy atom. The van der Waals surface area contributed by atoms with Crippen LogP contribution in [0, 0.1) is 0 Å². The molecule has 6 heteroatoms. The summed E-state index contributed by atoms with van der Waals surface area (Å²) in [5, 5.41) is 11.4. The van der Waals surface area contributed by atoms with E-state index in [2.05, 4.69) is 15.3 Å². The van der Waals surface area contributed by atoms with Gasteiger partial charge < -0.3 is 9.15 Å². The summed E-state index contributed by atoms with van der Waals surface area (Å²) >= 11 is 0. The highest BCUT2D eigenvalue weighted by atomic mass is 16.5. The minimum Gasteiger partial charge on any atom is -0.497 e. The van der Waals surface area contributed by atoms with Gasteiger partial charge in [-0.15, -0.1) is 10.2 Å². The highest BCUT2D eigenvalue weighted by molar-refractivity contribution is 5.77. The maximum absolute atomic E-state index is 5.70. The summed E-state index contributed by atoms with van der Waals surface area (Å²) in [5.74, 6) is 2.25. The van der Waals surface area contributed by atoms with Gasteiger partial charge in [-0.05, 0) is 36.4 Å². The van der Waals surface area contributed by atoms with E-state index in [4.69, 9.17) is 9.15 Å². The molecule has 0 atom stereocenters. The minimum atomic E-state index is 0.657. The van der Waals surface area contributed by atoms with Crippen molar-refractivity contribution in [2.75, 3.05) is 7.11 Å². The number of furan rings is 1. The predicted octanol–water partition coefficient (Wildman–Crippen LogP) is 2.43. The maximum atomic E-state index is 5.70. The van der Waals surface area contributed by atoms with Crippen LogP contribution in [0.5, 0.6) is 5.75 Å². The molecule has 0 unspecified atom stereocenters. The van der Waals surface area contributed by atoms with Crippen LogP contribution in [-0.2, 0) is 0 Å². The Morgan fingerprint density at radius 1 is 1.10 bits per heavy atom. The smallest absolute Gasteiger partial charge is 0.147 e. The molecule has 20 heavy (non-hydrogen) atoms. The Labute approximate surface area is 115 Å². The van der Waals surface area contributed by atoms with E-state index in [0.29, 0.717) is 5.76 Å². The molecule has 0 amide bonds. The van der Waals surface area contributed by atoms with Gasteiger partial charge in [0.2, 0.25) is 0 Å². The van der Waals surface area contributed by atoms with E-state index in [1.54, 1.807) is 13.3 Å². The number of ether oxygens (including phenoxy) is 1. The van der Waals surface area contributed by atoms with Gasteiger partial charge in [-0.2, -0.15) is 5.10 Å². The fourth-order valence-electron chi connectivity index (χ4n) is 1.71. The summed E-state index contributed by atoms with van der Waals surface area (Å²) in [6, 6.07) is 11.4. The standard InChI is InChI=1S/C14H12N4O2/c1-19-12-4-2-11(3-5-12)14-7-6-13(20-14)8-17-18-9-15-16-10-18/h2-10H,1H3. The number of hydrogen-bond acceptors (Lipinski definition) is 5. The van der Waals surface area contributed by atoms with Crippen molar-refractivity contribution >= 4 is 6.21 Å². The monoisotopic (exact) mass is 268 g/mol. The van der Waals surface area contributed by atoms with Gasteiger partial charge in [-0.3, -0.25) is 0 Å². The van der Waals surface area contributed by atoms with Gasteiger partial charge in [0.15, 0.2) is 0 Å². The third-order valence-corrected chi connectivity index (χ3v) is 2.73. The van der Waals surface area contributed by atoms with Gasteiger partial charge in [0.05, 0.1) is 13.3 Å². The lowest BCUT2D eigenvalue weighted by molar-refractivity contribution is 0.415. The lowest BCUT2D eigenvalue weighted by Crippen LogP contribution is -1.85. The molecular formula is C14H12N4O2. The van der Waals surface area contributed by atoms with E-state index in [1.807, 2.05) is 36.4 Å². The van der Waals surface area contributed by atoms with Gasteiger partial charge >= 0.3 is 0 Å². The first kappa shape index (κ1) is 12.2. The third-order valence-electron chi connectivity index (χ3n) is 2.73. The van der Waals surface area contributed by atoms with Crippen molar-refractivity contribution in [3.05, 3.63) is 54.8 Å². The van der Waals surface area contributed by atoms with E-state index in [9.17, 15) is 0 Å². The highest BCUT2D eigenvalue weighted by Crippen LogP contribution is 2.23. The van der Waals surface area contributed by atoms with Crippen LogP contribution in [0.1, 0.15) is 5.76 Å². The Kier molecular flexibility index (Phi) is 3.28. The summed E-state index contributed by atoms with van der Waals surface area (Å²) in [5.41, 5.74) is 0.981. The quantitative estimate of drug-likeness (QED) is 0.682. The van der Waals surface area contributed by atoms with Crippen molar-refractivity contribution in [3.8, 4) is 17.1 Å². The molecule has 3 rings (SSSR count). The molecule has 2 heterocycles. The van der Waals surface area contributed by atoms with Crippen LogP contribution in [0.2, 0.25) is 0 Å². The molecule has 0 spiro atoms. The molecule has 0 aliphatic rings. The third kappa shape index (κ3) is 2.59. The molecule has 0 aliphatic heterocycles. The number of methoxy groups -OCH3 is 1. The maximum Gasteiger partial charge on any atom is 0.147 e. The zero-order valence-corrected chi connectivity index (χ0v) is 10.8. The SMILES string of the molecule is COc1ccc(-c2ccc(C=Nn3cnnc3)o2)cc1. The molecule has 3 aromatic rings. The first-order chi connectivity index (χ1) is 9.85. The largest absolute Gasteiger partial charge is 0.497 e. The molecule has 2 aromatic heterocycles. The van der Waals surface area contributed by atoms with Crippen molar-refractivity contribution in [1.29, 1.82) is 0 Å². The zero-order chi connectivity index (χ0) is 13.8. The van der Waals surface area contributed by atoms with E-state index < -0.39 is 0 Å². The second-order valence-electron chi connectivity index (χ2n) is 4.02. The molecule has 0 saturated heterocycles. The summed E-state index contributed by atoms with van der Waals surface area (Å²) < 4.78 is 12.3. The summed E-state index contributed by atoms with van der Waals surface area (Å²) in [6.07, 6.45) is 4.62. The molecule has 100 valence electrons. The average molecular weight is 268 g/mol. The molecule has 1 aromatic carbocycles. The number of hydrogen-bond donors (Lipinski definition) is 0. The number of benzene rings is 1. The Hall–Kier alpha value is -2.89. The van der Waals surface area contributed by atoms with E-state index in [-0.39, 0.29) is 0 Å². The number of nitrogens with zero attached hydrogens (tertiary/aromatic N) is 4. The van der Waals surface area contributed by atoms with Crippen molar-refractivity contribution in [2.24, 2.45) is 5.10 Å². The Morgan fingerprint density at radius 3 is 2.55 bits per heavy atom. The highest BCUT2D eigenvalue weighted by Gasteiger charge is 2.03. The fourth-order valence-corrected chi connectivity index (χ4v) is 1.71. The molecule has 0 saturated carbocycles. The normalized spacial score (nSPS) is 11.1. The molecule has 0 N–H and O–H groups in total. The molecule has 0 aliphatic carbocycles. The van der Waals surface area contributed by atoms with Crippen molar-refractivity contribution < 1.29 is 9.15 Å². The number of rotatable bonds is 4. The van der Waals surface area contributed by atoms with Gasteiger partial charge in [0.1, 0.15) is 29.9 Å². The molecule has 6 nitrogen and oxygen atoms in total. The van der Waals surface area contributed by atoms with Crippen LogP contribution in [0.3, 0.4) is 0 Å². The topological polar surface area (TPSA) is 65.4 Å². The van der Waals surface area contributed by atoms with Gasteiger partial charge in [0.25, 0.3) is 0 Å². The first-order valence-corrected chi connectivity index (χ1v) is 5.98. The second kappa shape index (κ2) is 5.40. The van der Waals surface area contributed by atoms with Crippen LogP contribution in [0.15, 0.2) is 58.6 Å². The lowest BCUT2D eigenvalue weighted by Gasteiger charge is -2.00. The van der Waals surface area contributed by atoms with Gasteiger partial charge in [-0.25, -0.2) is 4.68 Å². The Balaban J connectivity index is 1.79. The van der Waals surface area contributed by atoms with E-state index in [1.165, 1.54) is 17.3 Å². The van der Waals surface area contributed by atoms with Crippen molar-refractivity contribution in [3.63, 3.8) is 0 Å². The molecule has 0 fully saturated rings. The lowest BCUT2D eigenvalue weighted by atomic mass is 10.2. The van der Waals surface area contributed by atoms with Crippen LogP contribution < -0.4 is 4.74 Å². The Bertz CT molecular complexity index is 699. The summed E-state index contributed by atoms with van der Waals surface area (Å²) in [7, 11) is 1.64. The number of aromatic nitrogens is 3. The summed E-state index contributed by atoms with van der Waals surface area (Å²) in [4.78, 5) is 0. The molecular weight excluding hydrogens is 256 g/mol.